The fourth-order valence-electron chi connectivity index (χ4n) is 1.57. The number of anilines is 1. The van der Waals surface area contributed by atoms with Crippen molar-refractivity contribution in [3.8, 4) is 10.6 Å². The highest BCUT2D eigenvalue weighted by Gasteiger charge is 2.20. The van der Waals surface area contributed by atoms with Gasteiger partial charge in [0.15, 0.2) is 5.13 Å². The number of nitrogens with two attached hydrogens (primary N) is 1. The van der Waals surface area contributed by atoms with E-state index in [1.165, 1.54) is 11.3 Å². The molecule has 0 aliphatic heterocycles. The molecule has 0 saturated carbocycles. The van der Waals surface area contributed by atoms with Gasteiger partial charge in [-0.1, -0.05) is 26.3 Å². The lowest BCUT2D eigenvalue weighted by molar-refractivity contribution is -0.118. The third-order valence-corrected chi connectivity index (χ3v) is 4.72. The summed E-state index contributed by atoms with van der Waals surface area (Å²) in [6.07, 6.45) is 0.882. The molecule has 19 heavy (non-hydrogen) atoms. The van der Waals surface area contributed by atoms with Crippen molar-refractivity contribution in [2.45, 2.75) is 26.3 Å². The minimum Gasteiger partial charge on any atom is -0.320 e. The number of thiazole rings is 1. The number of aromatic nitrogens is 1. The lowest BCUT2D eigenvalue weighted by Crippen LogP contribution is -2.40. The molecule has 0 aromatic carbocycles. The van der Waals surface area contributed by atoms with Crippen LogP contribution in [0.4, 0.5) is 5.13 Å². The van der Waals surface area contributed by atoms with Crippen LogP contribution in [0.1, 0.15) is 20.3 Å². The summed E-state index contributed by atoms with van der Waals surface area (Å²) in [6, 6.07) is 3.51. The first-order valence-electron chi connectivity index (χ1n) is 6.17. The zero-order valence-electron chi connectivity index (χ0n) is 10.9. The van der Waals surface area contributed by atoms with Crippen LogP contribution in [0.25, 0.3) is 10.6 Å². The molecule has 6 heteroatoms. The van der Waals surface area contributed by atoms with Crippen molar-refractivity contribution >= 4 is 33.7 Å². The molecule has 0 aliphatic rings. The van der Waals surface area contributed by atoms with Crippen LogP contribution in [-0.4, -0.2) is 16.9 Å². The minimum absolute atomic E-state index is 0.164. The first kappa shape index (κ1) is 14.2. The van der Waals surface area contributed by atoms with E-state index in [9.17, 15) is 4.79 Å². The van der Waals surface area contributed by atoms with Crippen molar-refractivity contribution in [2.75, 3.05) is 5.32 Å². The van der Waals surface area contributed by atoms with Gasteiger partial charge in [0.05, 0.1) is 16.6 Å². The quantitative estimate of drug-likeness (QED) is 0.890. The van der Waals surface area contributed by atoms with Crippen LogP contribution in [0, 0.1) is 5.92 Å². The Labute approximate surface area is 120 Å². The van der Waals surface area contributed by atoms with Crippen molar-refractivity contribution < 1.29 is 4.79 Å². The summed E-state index contributed by atoms with van der Waals surface area (Å²) in [5.41, 5.74) is 6.78. The highest BCUT2D eigenvalue weighted by atomic mass is 32.1. The second kappa shape index (κ2) is 6.27. The summed E-state index contributed by atoms with van der Waals surface area (Å²) in [4.78, 5) is 17.4. The van der Waals surface area contributed by atoms with Crippen LogP contribution < -0.4 is 11.1 Å². The Hall–Kier alpha value is -1.24. The molecule has 0 saturated heterocycles. The summed E-state index contributed by atoms with van der Waals surface area (Å²) in [7, 11) is 0. The van der Waals surface area contributed by atoms with Crippen LogP contribution in [-0.2, 0) is 4.79 Å². The Kier molecular flexibility index (Phi) is 4.68. The Morgan fingerprint density at radius 2 is 2.32 bits per heavy atom. The van der Waals surface area contributed by atoms with Crippen molar-refractivity contribution in [3.05, 3.63) is 22.9 Å². The average Bonchev–Trinajstić information content (AvgIpc) is 3.06. The highest BCUT2D eigenvalue weighted by Crippen LogP contribution is 2.28. The van der Waals surface area contributed by atoms with Gasteiger partial charge >= 0.3 is 0 Å². The fourth-order valence-corrected chi connectivity index (χ4v) is 3.04. The second-order valence-electron chi connectivity index (χ2n) is 4.42. The third kappa shape index (κ3) is 3.40. The van der Waals surface area contributed by atoms with E-state index in [2.05, 4.69) is 10.3 Å². The SMILES string of the molecule is CCC(C)C(N)C(=O)Nc1nc(-c2cccs2)cs1. The number of hydrogen-bond acceptors (Lipinski definition) is 5. The molecule has 2 atom stereocenters. The van der Waals surface area contributed by atoms with E-state index in [1.807, 2.05) is 36.7 Å². The summed E-state index contributed by atoms with van der Waals surface area (Å²) in [5, 5.41) is 7.34. The zero-order valence-corrected chi connectivity index (χ0v) is 12.6. The summed E-state index contributed by atoms with van der Waals surface area (Å²) in [6.45, 7) is 4.00. The lowest BCUT2D eigenvalue weighted by atomic mass is 10.00. The Bertz CT molecular complexity index is 536. The normalized spacial score (nSPS) is 14.1. The number of carbonyl (C=O) groups is 1. The van der Waals surface area contributed by atoms with Gasteiger partial charge in [0.25, 0.3) is 0 Å². The van der Waals surface area contributed by atoms with Gasteiger partial charge in [-0.05, 0) is 17.4 Å². The van der Waals surface area contributed by atoms with E-state index < -0.39 is 6.04 Å². The molecule has 0 fully saturated rings. The molecular weight excluding hydrogens is 278 g/mol. The van der Waals surface area contributed by atoms with E-state index >= 15 is 0 Å². The molecule has 2 aromatic heterocycles. The third-order valence-electron chi connectivity index (χ3n) is 3.07. The first-order valence-corrected chi connectivity index (χ1v) is 7.93. The molecule has 102 valence electrons. The van der Waals surface area contributed by atoms with Gasteiger partial charge in [-0.3, -0.25) is 4.79 Å². The maximum atomic E-state index is 11.9. The summed E-state index contributed by atoms with van der Waals surface area (Å²) < 4.78 is 0. The molecule has 0 bridgehead atoms. The van der Waals surface area contributed by atoms with Gasteiger partial charge in [0.2, 0.25) is 5.91 Å². The van der Waals surface area contributed by atoms with E-state index in [1.54, 1.807) is 11.3 Å². The van der Waals surface area contributed by atoms with Gasteiger partial charge in [-0.15, -0.1) is 22.7 Å². The molecular formula is C13H17N3OS2. The standard InChI is InChI=1S/C13H17N3OS2/c1-3-8(2)11(14)12(17)16-13-15-9(7-19-13)10-5-4-6-18-10/h4-8,11H,3,14H2,1-2H3,(H,15,16,17). The molecule has 2 heterocycles. The molecule has 3 N–H and O–H groups in total. The lowest BCUT2D eigenvalue weighted by Gasteiger charge is -2.16. The van der Waals surface area contributed by atoms with E-state index in [4.69, 9.17) is 5.73 Å². The summed E-state index contributed by atoms with van der Waals surface area (Å²) in [5.74, 6) is -0.00171. The van der Waals surface area contributed by atoms with E-state index in [0.29, 0.717) is 5.13 Å². The Balaban J connectivity index is 2.02. The summed E-state index contributed by atoms with van der Waals surface area (Å²) >= 11 is 3.05. The monoisotopic (exact) mass is 295 g/mol. The predicted octanol–water partition coefficient (Wildman–Crippen LogP) is 3.18. The largest absolute Gasteiger partial charge is 0.320 e. The average molecular weight is 295 g/mol. The maximum Gasteiger partial charge on any atom is 0.243 e. The van der Waals surface area contributed by atoms with Crippen molar-refractivity contribution in [1.29, 1.82) is 0 Å². The number of nitrogens with one attached hydrogen (secondary N) is 1. The second-order valence-corrected chi connectivity index (χ2v) is 6.22. The van der Waals surface area contributed by atoms with Crippen molar-refractivity contribution in [3.63, 3.8) is 0 Å². The number of amides is 1. The van der Waals surface area contributed by atoms with E-state index in [-0.39, 0.29) is 11.8 Å². The van der Waals surface area contributed by atoms with Gasteiger partial charge in [-0.2, -0.15) is 0 Å². The van der Waals surface area contributed by atoms with Gasteiger partial charge in [-0.25, -0.2) is 4.98 Å². The zero-order chi connectivity index (χ0) is 13.8. The van der Waals surface area contributed by atoms with Crippen molar-refractivity contribution in [2.24, 2.45) is 11.7 Å². The highest BCUT2D eigenvalue weighted by molar-refractivity contribution is 7.16. The van der Waals surface area contributed by atoms with Crippen molar-refractivity contribution in [1.82, 2.24) is 4.98 Å². The predicted molar refractivity (Wildman–Crippen MR) is 81.5 cm³/mol. The maximum absolute atomic E-state index is 11.9. The van der Waals surface area contributed by atoms with Crippen LogP contribution in [0.2, 0.25) is 0 Å². The number of thiophene rings is 1. The number of carbonyl (C=O) groups excluding carboxylic acids is 1. The molecule has 0 aliphatic carbocycles. The van der Waals surface area contributed by atoms with Gasteiger partial charge < -0.3 is 11.1 Å². The van der Waals surface area contributed by atoms with Crippen LogP contribution >= 0.6 is 22.7 Å². The van der Waals surface area contributed by atoms with Gasteiger partial charge in [0.1, 0.15) is 0 Å². The molecule has 2 unspecified atom stereocenters. The first-order chi connectivity index (χ1) is 9.11. The Morgan fingerprint density at radius 1 is 1.53 bits per heavy atom. The molecule has 0 radical (unpaired) electrons. The smallest absolute Gasteiger partial charge is 0.243 e. The number of hydrogen-bond donors (Lipinski definition) is 2. The number of nitrogens with zero attached hydrogens (tertiary/aromatic N) is 1. The Morgan fingerprint density at radius 3 is 2.95 bits per heavy atom. The number of rotatable bonds is 5. The van der Waals surface area contributed by atoms with E-state index in [0.717, 1.165) is 17.0 Å². The fraction of sp³-hybridized carbons (Fsp3) is 0.385. The molecule has 1 amide bonds. The van der Waals surface area contributed by atoms with Gasteiger partial charge in [0, 0.05) is 5.38 Å². The van der Waals surface area contributed by atoms with Crippen LogP contribution in [0.3, 0.4) is 0 Å². The van der Waals surface area contributed by atoms with Crippen LogP contribution in [0.5, 0.6) is 0 Å². The molecule has 0 spiro atoms. The molecule has 4 nitrogen and oxygen atoms in total. The minimum atomic E-state index is -0.487. The van der Waals surface area contributed by atoms with Crippen LogP contribution in [0.15, 0.2) is 22.9 Å². The molecule has 2 rings (SSSR count). The molecule has 2 aromatic rings. The topological polar surface area (TPSA) is 68.0 Å².